The van der Waals surface area contributed by atoms with Crippen LogP contribution in [-0.2, 0) is 6.42 Å². The minimum atomic E-state index is -0.656. The fourth-order valence-corrected chi connectivity index (χ4v) is 1.98. The number of aryl methyl sites for hydroxylation is 1. The molecule has 21 heavy (non-hydrogen) atoms. The molecule has 0 atom stereocenters. The minimum Gasteiger partial charge on any atom is -0.373 e. The first-order valence-electron chi connectivity index (χ1n) is 6.82. The van der Waals surface area contributed by atoms with Gasteiger partial charge >= 0.3 is 0 Å². The van der Waals surface area contributed by atoms with Gasteiger partial charge in [0.2, 0.25) is 0 Å². The van der Waals surface area contributed by atoms with E-state index in [9.17, 15) is 8.78 Å². The Balaban J connectivity index is 2.40. The summed E-state index contributed by atoms with van der Waals surface area (Å²) in [6.07, 6.45) is 1.64. The van der Waals surface area contributed by atoms with Crippen LogP contribution in [0.2, 0.25) is 0 Å². The van der Waals surface area contributed by atoms with Crippen LogP contribution in [0.1, 0.15) is 24.7 Å². The van der Waals surface area contributed by atoms with Gasteiger partial charge in [-0.3, -0.25) is 0 Å². The molecule has 4 nitrogen and oxygen atoms in total. The van der Waals surface area contributed by atoms with Gasteiger partial charge in [0, 0.05) is 25.1 Å². The van der Waals surface area contributed by atoms with Crippen molar-refractivity contribution in [3.63, 3.8) is 0 Å². The lowest BCUT2D eigenvalue weighted by molar-refractivity contribution is 0.586. The molecule has 0 aliphatic rings. The van der Waals surface area contributed by atoms with E-state index < -0.39 is 11.6 Å². The van der Waals surface area contributed by atoms with Crippen LogP contribution in [0.5, 0.6) is 0 Å². The number of rotatable bonds is 5. The van der Waals surface area contributed by atoms with Gasteiger partial charge in [-0.1, -0.05) is 6.92 Å². The van der Waals surface area contributed by atoms with Crippen LogP contribution in [-0.4, -0.2) is 17.0 Å². The zero-order valence-corrected chi connectivity index (χ0v) is 12.3. The van der Waals surface area contributed by atoms with Crippen molar-refractivity contribution in [1.82, 2.24) is 9.97 Å². The van der Waals surface area contributed by atoms with Crippen LogP contribution in [0.4, 0.5) is 26.1 Å². The van der Waals surface area contributed by atoms with Gasteiger partial charge in [-0.15, -0.1) is 0 Å². The first-order chi connectivity index (χ1) is 10.0. The highest BCUT2D eigenvalue weighted by Gasteiger charge is 2.12. The van der Waals surface area contributed by atoms with Crippen molar-refractivity contribution in [2.45, 2.75) is 26.7 Å². The highest BCUT2D eigenvalue weighted by molar-refractivity contribution is 5.65. The lowest BCUT2D eigenvalue weighted by Crippen LogP contribution is -2.08. The van der Waals surface area contributed by atoms with Gasteiger partial charge in [-0.25, -0.2) is 18.7 Å². The second-order valence-corrected chi connectivity index (χ2v) is 4.71. The predicted octanol–water partition coefficient (Wildman–Crippen LogP) is 3.80. The third kappa shape index (κ3) is 3.45. The molecule has 0 fully saturated rings. The molecule has 0 spiro atoms. The highest BCUT2D eigenvalue weighted by atomic mass is 19.1. The SMILES string of the molecule is CCCc1nc(NC)c(C)c(Nc2ccc(F)cc2F)n1. The number of benzene rings is 1. The van der Waals surface area contributed by atoms with Crippen molar-refractivity contribution >= 4 is 17.3 Å². The average Bonchev–Trinajstić information content (AvgIpc) is 2.45. The second-order valence-electron chi connectivity index (χ2n) is 4.71. The average molecular weight is 292 g/mol. The molecule has 0 amide bonds. The van der Waals surface area contributed by atoms with Crippen LogP contribution >= 0.6 is 0 Å². The fourth-order valence-electron chi connectivity index (χ4n) is 1.98. The number of nitrogens with zero attached hydrogens (tertiary/aromatic N) is 2. The molecule has 1 heterocycles. The maximum absolute atomic E-state index is 13.7. The lowest BCUT2D eigenvalue weighted by atomic mass is 10.2. The Bertz CT molecular complexity index is 644. The van der Waals surface area contributed by atoms with E-state index in [0.717, 1.165) is 24.5 Å². The third-order valence-corrected chi connectivity index (χ3v) is 3.09. The van der Waals surface area contributed by atoms with Gasteiger partial charge in [-0.2, -0.15) is 0 Å². The van der Waals surface area contributed by atoms with Gasteiger partial charge < -0.3 is 10.6 Å². The third-order valence-electron chi connectivity index (χ3n) is 3.09. The Morgan fingerprint density at radius 2 is 1.86 bits per heavy atom. The summed E-state index contributed by atoms with van der Waals surface area (Å²) in [6, 6.07) is 3.39. The van der Waals surface area contributed by atoms with E-state index in [4.69, 9.17) is 0 Å². The van der Waals surface area contributed by atoms with E-state index in [1.54, 1.807) is 7.05 Å². The molecule has 2 aromatic rings. The summed E-state index contributed by atoms with van der Waals surface area (Å²) >= 11 is 0. The molecule has 0 unspecified atom stereocenters. The molecule has 1 aromatic heterocycles. The topological polar surface area (TPSA) is 49.8 Å². The molecule has 0 bridgehead atoms. The molecule has 0 radical (unpaired) electrons. The largest absolute Gasteiger partial charge is 0.373 e. The number of halogens is 2. The first-order valence-corrected chi connectivity index (χ1v) is 6.82. The van der Waals surface area contributed by atoms with Crippen LogP contribution in [0.3, 0.4) is 0 Å². The summed E-state index contributed by atoms with van der Waals surface area (Å²) in [5.41, 5.74) is 0.962. The van der Waals surface area contributed by atoms with E-state index >= 15 is 0 Å². The second kappa shape index (κ2) is 6.47. The standard InChI is InChI=1S/C15H18F2N4/c1-4-5-13-20-14(18-3)9(2)15(21-13)19-12-7-6-10(16)8-11(12)17/h6-8H,4-5H2,1-3H3,(H2,18,19,20,21). The van der Waals surface area contributed by atoms with Crippen LogP contribution in [0.15, 0.2) is 18.2 Å². The Kier molecular flexibility index (Phi) is 4.67. The summed E-state index contributed by atoms with van der Waals surface area (Å²) in [7, 11) is 1.77. The van der Waals surface area contributed by atoms with Crippen molar-refractivity contribution in [2.24, 2.45) is 0 Å². The maximum Gasteiger partial charge on any atom is 0.149 e. The number of hydrogen-bond acceptors (Lipinski definition) is 4. The summed E-state index contributed by atoms with van der Waals surface area (Å²) < 4.78 is 26.7. The Morgan fingerprint density at radius 1 is 1.14 bits per heavy atom. The molecular weight excluding hydrogens is 274 g/mol. The van der Waals surface area contributed by atoms with Crippen molar-refractivity contribution < 1.29 is 8.78 Å². The lowest BCUT2D eigenvalue weighted by Gasteiger charge is -2.14. The minimum absolute atomic E-state index is 0.183. The zero-order valence-electron chi connectivity index (χ0n) is 12.3. The maximum atomic E-state index is 13.7. The van der Waals surface area contributed by atoms with Crippen LogP contribution in [0.25, 0.3) is 0 Å². The van der Waals surface area contributed by atoms with Gasteiger partial charge in [0.1, 0.15) is 29.1 Å². The zero-order chi connectivity index (χ0) is 15.4. The van der Waals surface area contributed by atoms with E-state index in [1.165, 1.54) is 12.1 Å². The van der Waals surface area contributed by atoms with Gasteiger partial charge in [0.15, 0.2) is 0 Å². The van der Waals surface area contributed by atoms with Gasteiger partial charge in [0.25, 0.3) is 0 Å². The summed E-state index contributed by atoms with van der Waals surface area (Å²) in [5.74, 6) is 0.621. The van der Waals surface area contributed by atoms with E-state index in [0.29, 0.717) is 17.5 Å². The molecule has 1 aromatic carbocycles. The molecule has 0 aliphatic carbocycles. The molecule has 0 saturated heterocycles. The number of aromatic nitrogens is 2. The van der Waals surface area contributed by atoms with Gasteiger partial charge in [0.05, 0.1) is 5.69 Å². The molecule has 2 N–H and O–H groups in total. The van der Waals surface area contributed by atoms with E-state index in [1.807, 2.05) is 13.8 Å². The molecule has 0 aliphatic heterocycles. The summed E-state index contributed by atoms with van der Waals surface area (Å²) in [6.45, 7) is 3.88. The number of anilines is 3. The smallest absolute Gasteiger partial charge is 0.149 e. The monoisotopic (exact) mass is 292 g/mol. The highest BCUT2D eigenvalue weighted by Crippen LogP contribution is 2.25. The molecular formula is C15H18F2N4. The number of nitrogens with one attached hydrogen (secondary N) is 2. The van der Waals surface area contributed by atoms with E-state index in [-0.39, 0.29) is 5.69 Å². The fraction of sp³-hybridized carbons (Fsp3) is 0.333. The number of hydrogen-bond donors (Lipinski definition) is 2. The van der Waals surface area contributed by atoms with Crippen LogP contribution < -0.4 is 10.6 Å². The first kappa shape index (κ1) is 15.2. The Morgan fingerprint density at radius 3 is 2.48 bits per heavy atom. The van der Waals surface area contributed by atoms with Crippen LogP contribution in [0, 0.1) is 18.6 Å². The van der Waals surface area contributed by atoms with Gasteiger partial charge in [-0.05, 0) is 25.5 Å². The molecule has 2 rings (SSSR count). The predicted molar refractivity (Wildman–Crippen MR) is 80.0 cm³/mol. The van der Waals surface area contributed by atoms with Crippen molar-refractivity contribution in [3.05, 3.63) is 41.2 Å². The Hall–Kier alpha value is -2.24. The van der Waals surface area contributed by atoms with Crippen molar-refractivity contribution in [1.29, 1.82) is 0 Å². The van der Waals surface area contributed by atoms with Crippen molar-refractivity contribution in [3.8, 4) is 0 Å². The normalized spacial score (nSPS) is 10.5. The van der Waals surface area contributed by atoms with Crippen molar-refractivity contribution in [2.75, 3.05) is 17.7 Å². The summed E-state index contributed by atoms with van der Waals surface area (Å²) in [4.78, 5) is 8.81. The molecule has 0 saturated carbocycles. The molecule has 112 valence electrons. The Labute approximate surface area is 122 Å². The quantitative estimate of drug-likeness (QED) is 0.880. The molecule has 6 heteroatoms. The summed E-state index contributed by atoms with van der Waals surface area (Å²) in [5, 5.41) is 5.91. The van der Waals surface area contributed by atoms with E-state index in [2.05, 4.69) is 20.6 Å².